The monoisotopic (exact) mass is 437 g/mol. The Kier molecular flexibility index (Phi) is 6.92. The van der Waals surface area contributed by atoms with E-state index in [9.17, 15) is 14.4 Å². The van der Waals surface area contributed by atoms with Crippen molar-refractivity contribution >= 4 is 40.1 Å². The second kappa shape index (κ2) is 9.63. The molecular weight excluding hydrogens is 410 g/mol. The third kappa shape index (κ3) is 5.51. The van der Waals surface area contributed by atoms with Gasteiger partial charge in [-0.1, -0.05) is 12.1 Å². The number of nitrogens with zero attached hydrogens (tertiary/aromatic N) is 2. The number of fused-ring (bicyclic) bond motifs is 1. The van der Waals surface area contributed by atoms with Gasteiger partial charge in [0.1, 0.15) is 5.69 Å². The molecule has 9 heteroatoms. The molecule has 0 bridgehead atoms. The van der Waals surface area contributed by atoms with Gasteiger partial charge in [-0.05, 0) is 62.5 Å². The number of amides is 2. The van der Waals surface area contributed by atoms with Crippen molar-refractivity contribution in [2.75, 3.05) is 37.9 Å². The minimum atomic E-state index is -1.05. The maximum absolute atomic E-state index is 12.6. The summed E-state index contributed by atoms with van der Waals surface area (Å²) in [4.78, 5) is 42.2. The van der Waals surface area contributed by atoms with Crippen LogP contribution in [0.1, 0.15) is 16.1 Å². The lowest BCUT2D eigenvalue weighted by molar-refractivity contribution is -0.119. The van der Waals surface area contributed by atoms with Gasteiger partial charge in [0.05, 0.1) is 12.6 Å². The van der Waals surface area contributed by atoms with E-state index in [-0.39, 0.29) is 17.5 Å². The number of H-pyrrole nitrogens is 1. The largest absolute Gasteiger partial charge is 0.477 e. The van der Waals surface area contributed by atoms with E-state index in [1.807, 2.05) is 38.4 Å². The number of rotatable bonds is 8. The van der Waals surface area contributed by atoms with E-state index in [4.69, 9.17) is 10.8 Å². The molecule has 9 nitrogen and oxygen atoms in total. The zero-order chi connectivity index (χ0) is 23.4. The number of carboxylic acid groups (broad SMARTS) is 1. The summed E-state index contributed by atoms with van der Waals surface area (Å²) < 4.78 is 0. The van der Waals surface area contributed by atoms with Crippen molar-refractivity contribution in [3.05, 3.63) is 59.8 Å². The van der Waals surface area contributed by atoms with Crippen LogP contribution in [0, 0.1) is 0 Å². The van der Waals surface area contributed by atoms with Crippen LogP contribution in [0.5, 0.6) is 0 Å². The number of carbonyl (C=O) groups is 3. The molecule has 1 aromatic heterocycles. The summed E-state index contributed by atoms with van der Waals surface area (Å²) in [6, 6.07) is 13.1. The fourth-order valence-electron chi connectivity index (χ4n) is 3.32. The molecular formula is C23H27N5O4. The molecule has 0 aliphatic heterocycles. The number of nitrogens with two attached hydrogens (primary N) is 1. The number of carbonyl (C=O) groups excluding carboxylic acids is 2. The first-order chi connectivity index (χ1) is 15.1. The van der Waals surface area contributed by atoms with Crippen LogP contribution in [0.3, 0.4) is 0 Å². The number of hydrogen-bond donors (Lipinski definition) is 4. The van der Waals surface area contributed by atoms with Gasteiger partial charge in [-0.3, -0.25) is 9.59 Å². The maximum Gasteiger partial charge on any atom is 0.352 e. The number of hydrogen-bond acceptors (Lipinski definition) is 5. The van der Waals surface area contributed by atoms with Crippen molar-refractivity contribution in [3.63, 3.8) is 0 Å². The number of aromatic nitrogens is 1. The number of nitrogens with one attached hydrogen (secondary N) is 2. The molecule has 1 unspecified atom stereocenters. The highest BCUT2D eigenvalue weighted by atomic mass is 16.4. The summed E-state index contributed by atoms with van der Waals surface area (Å²) in [6.07, 6.45) is 0.297. The van der Waals surface area contributed by atoms with E-state index < -0.39 is 12.0 Å². The zero-order valence-corrected chi connectivity index (χ0v) is 18.3. The summed E-state index contributed by atoms with van der Waals surface area (Å²) in [6.45, 7) is 0.294. The average molecular weight is 438 g/mol. The summed E-state index contributed by atoms with van der Waals surface area (Å²) in [5, 5.41) is 12.5. The van der Waals surface area contributed by atoms with E-state index >= 15 is 0 Å². The van der Waals surface area contributed by atoms with Crippen LogP contribution in [0.25, 0.3) is 10.9 Å². The van der Waals surface area contributed by atoms with Crippen LogP contribution >= 0.6 is 0 Å². The third-order valence-corrected chi connectivity index (χ3v) is 5.03. The van der Waals surface area contributed by atoms with Gasteiger partial charge in [-0.15, -0.1) is 0 Å². The van der Waals surface area contributed by atoms with Gasteiger partial charge < -0.3 is 30.9 Å². The third-order valence-electron chi connectivity index (χ3n) is 5.03. The molecule has 2 aromatic carbocycles. The molecule has 0 saturated carbocycles. The molecule has 0 spiro atoms. The van der Waals surface area contributed by atoms with Crippen LogP contribution in [0.4, 0.5) is 11.4 Å². The van der Waals surface area contributed by atoms with Gasteiger partial charge in [-0.25, -0.2) is 4.79 Å². The Bertz CT molecular complexity index is 1150. The molecule has 0 aliphatic rings. The molecule has 1 heterocycles. The Morgan fingerprint density at radius 2 is 1.84 bits per heavy atom. The van der Waals surface area contributed by atoms with Crippen LogP contribution in [-0.2, 0) is 16.0 Å². The molecule has 3 rings (SSSR count). The normalized spacial score (nSPS) is 12.0. The Hall–Kier alpha value is -3.69. The van der Waals surface area contributed by atoms with Crippen LogP contribution < -0.4 is 16.0 Å². The van der Waals surface area contributed by atoms with E-state index in [1.54, 1.807) is 35.0 Å². The molecule has 0 fully saturated rings. The predicted octanol–water partition coefficient (Wildman–Crippen LogP) is 1.90. The Labute approximate surface area is 185 Å². The minimum Gasteiger partial charge on any atom is -0.477 e. The number of aromatic carboxylic acids is 1. The number of anilines is 2. The van der Waals surface area contributed by atoms with Gasteiger partial charge in [0, 0.05) is 29.3 Å². The zero-order valence-electron chi connectivity index (χ0n) is 18.3. The van der Waals surface area contributed by atoms with Crippen molar-refractivity contribution in [1.29, 1.82) is 0 Å². The summed E-state index contributed by atoms with van der Waals surface area (Å²) in [5.74, 6) is -1.45. The van der Waals surface area contributed by atoms with Crippen molar-refractivity contribution in [2.45, 2.75) is 12.5 Å². The van der Waals surface area contributed by atoms with Gasteiger partial charge in [0.25, 0.3) is 0 Å². The fourth-order valence-corrected chi connectivity index (χ4v) is 3.32. The summed E-state index contributed by atoms with van der Waals surface area (Å²) >= 11 is 0. The Balaban J connectivity index is 1.66. The van der Waals surface area contributed by atoms with Crippen LogP contribution in [0.15, 0.2) is 48.5 Å². The van der Waals surface area contributed by atoms with Gasteiger partial charge in [0.15, 0.2) is 0 Å². The molecule has 0 radical (unpaired) electrons. The highest BCUT2D eigenvalue weighted by molar-refractivity contribution is 5.99. The smallest absolute Gasteiger partial charge is 0.352 e. The summed E-state index contributed by atoms with van der Waals surface area (Å²) in [5.41, 5.74) is 8.95. The van der Waals surface area contributed by atoms with Gasteiger partial charge in [-0.2, -0.15) is 0 Å². The molecule has 3 aromatic rings. The van der Waals surface area contributed by atoms with Gasteiger partial charge in [0.2, 0.25) is 11.8 Å². The lowest BCUT2D eigenvalue weighted by Crippen LogP contribution is -2.37. The Morgan fingerprint density at radius 3 is 2.53 bits per heavy atom. The van der Waals surface area contributed by atoms with E-state index in [0.717, 1.165) is 11.3 Å². The standard InChI is InChI=1S/C23H27N5O4/c1-27(2)13-21(29)28(3)17-6-4-5-14(9-17)10-18(24)22(30)25-16-7-8-19-15(11-16)12-20(26-19)23(31)32/h4-9,11-12,18,26H,10,13,24H2,1-3H3,(H,25,30)(H,31,32). The molecule has 1 atom stereocenters. The van der Waals surface area contributed by atoms with Crippen molar-refractivity contribution in [1.82, 2.24) is 9.88 Å². The van der Waals surface area contributed by atoms with Crippen molar-refractivity contribution in [3.8, 4) is 0 Å². The van der Waals surface area contributed by atoms with Crippen LogP contribution in [-0.4, -0.2) is 66.5 Å². The Morgan fingerprint density at radius 1 is 1.09 bits per heavy atom. The second-order valence-electron chi connectivity index (χ2n) is 7.95. The summed E-state index contributed by atoms with van der Waals surface area (Å²) in [7, 11) is 5.38. The SMILES string of the molecule is CN(C)CC(=O)N(C)c1cccc(CC(N)C(=O)Nc2ccc3[nH]c(C(=O)O)cc3c2)c1. The first-order valence-corrected chi connectivity index (χ1v) is 10.1. The number of likely N-dealkylation sites (N-methyl/N-ethyl adjacent to an activating group) is 2. The minimum absolute atomic E-state index is 0.0413. The lowest BCUT2D eigenvalue weighted by Gasteiger charge is -2.21. The molecule has 2 amide bonds. The van der Waals surface area contributed by atoms with Crippen molar-refractivity contribution < 1.29 is 19.5 Å². The highest BCUT2D eigenvalue weighted by Gasteiger charge is 2.17. The fraction of sp³-hybridized carbons (Fsp3) is 0.261. The molecule has 0 aliphatic carbocycles. The molecule has 168 valence electrons. The van der Waals surface area contributed by atoms with Crippen molar-refractivity contribution in [2.24, 2.45) is 5.73 Å². The molecule has 5 N–H and O–H groups in total. The van der Waals surface area contributed by atoms with E-state index in [1.165, 1.54) is 6.07 Å². The molecule has 32 heavy (non-hydrogen) atoms. The van der Waals surface area contributed by atoms with E-state index in [2.05, 4.69) is 10.3 Å². The first kappa shape index (κ1) is 23.0. The van der Waals surface area contributed by atoms with Crippen LogP contribution in [0.2, 0.25) is 0 Å². The highest BCUT2D eigenvalue weighted by Crippen LogP contribution is 2.21. The predicted molar refractivity (Wildman–Crippen MR) is 124 cm³/mol. The second-order valence-corrected chi connectivity index (χ2v) is 7.95. The lowest BCUT2D eigenvalue weighted by atomic mass is 10.0. The quantitative estimate of drug-likeness (QED) is 0.426. The number of aromatic amines is 1. The number of carboxylic acids is 1. The average Bonchev–Trinajstić information content (AvgIpc) is 3.16. The number of benzene rings is 2. The van der Waals surface area contributed by atoms with E-state index in [0.29, 0.717) is 29.6 Å². The maximum atomic E-state index is 12.6. The topological polar surface area (TPSA) is 132 Å². The molecule has 0 saturated heterocycles. The van der Waals surface area contributed by atoms with Gasteiger partial charge >= 0.3 is 5.97 Å². The first-order valence-electron chi connectivity index (χ1n) is 10.1.